The molecule has 0 bridgehead atoms. The summed E-state index contributed by atoms with van der Waals surface area (Å²) in [7, 11) is 9.74. The molecule has 0 aromatic carbocycles. The molecule has 0 saturated carbocycles. The van der Waals surface area contributed by atoms with Crippen LogP contribution in [0, 0.1) is 5.92 Å². The Bertz CT molecular complexity index is 518. The number of nitrogens with zero attached hydrogens (tertiary/aromatic N) is 5. The lowest BCUT2D eigenvalue weighted by atomic mass is 10.1. The number of hydrogen-bond acceptors (Lipinski definition) is 4. The van der Waals surface area contributed by atoms with E-state index in [0.29, 0.717) is 5.92 Å². The van der Waals surface area contributed by atoms with Crippen LogP contribution in [-0.4, -0.2) is 80.0 Å². The van der Waals surface area contributed by atoms with Crippen LogP contribution in [0.1, 0.15) is 18.0 Å². The van der Waals surface area contributed by atoms with Crippen LogP contribution >= 0.6 is 24.0 Å². The van der Waals surface area contributed by atoms with Gasteiger partial charge in [0.25, 0.3) is 0 Å². The van der Waals surface area contributed by atoms with Crippen molar-refractivity contribution in [2.45, 2.75) is 12.5 Å². The number of likely N-dealkylation sites (N-methyl/N-ethyl adjacent to an activating group) is 1. The van der Waals surface area contributed by atoms with E-state index in [-0.39, 0.29) is 30.0 Å². The van der Waals surface area contributed by atoms with Crippen LogP contribution in [-0.2, 0) is 11.8 Å². The van der Waals surface area contributed by atoms with Crippen LogP contribution in [0.3, 0.4) is 0 Å². The zero-order chi connectivity index (χ0) is 16.8. The zero-order valence-corrected chi connectivity index (χ0v) is 17.7. The van der Waals surface area contributed by atoms with Crippen molar-refractivity contribution in [2.75, 3.05) is 54.5 Å². The molecule has 1 saturated heterocycles. The third kappa shape index (κ3) is 5.59. The van der Waals surface area contributed by atoms with Gasteiger partial charge >= 0.3 is 0 Å². The molecule has 0 radical (unpaired) electrons. The van der Waals surface area contributed by atoms with Gasteiger partial charge in [0.05, 0.1) is 18.8 Å². The maximum absolute atomic E-state index is 5.27. The highest BCUT2D eigenvalue weighted by molar-refractivity contribution is 14.0. The second kappa shape index (κ2) is 10.2. The number of rotatable bonds is 6. The number of likely N-dealkylation sites (tertiary alicyclic amines) is 1. The molecule has 1 fully saturated rings. The maximum atomic E-state index is 5.27. The van der Waals surface area contributed by atoms with Crippen LogP contribution in [0.25, 0.3) is 0 Å². The van der Waals surface area contributed by atoms with Gasteiger partial charge in [-0.25, -0.2) is 0 Å². The second-order valence-corrected chi connectivity index (χ2v) is 6.41. The van der Waals surface area contributed by atoms with E-state index in [9.17, 15) is 0 Å². The van der Waals surface area contributed by atoms with Crippen LogP contribution in [0.4, 0.5) is 0 Å². The van der Waals surface area contributed by atoms with E-state index >= 15 is 0 Å². The van der Waals surface area contributed by atoms with Gasteiger partial charge in [-0.3, -0.25) is 9.67 Å². The predicted octanol–water partition coefficient (Wildman–Crippen LogP) is 1.18. The number of aromatic nitrogens is 2. The third-order valence-electron chi connectivity index (χ3n) is 4.39. The van der Waals surface area contributed by atoms with Gasteiger partial charge in [-0.1, -0.05) is 0 Å². The van der Waals surface area contributed by atoms with E-state index in [0.717, 1.165) is 38.6 Å². The van der Waals surface area contributed by atoms with Crippen molar-refractivity contribution in [1.29, 1.82) is 0 Å². The van der Waals surface area contributed by atoms with Gasteiger partial charge < -0.3 is 19.9 Å². The van der Waals surface area contributed by atoms with Crippen molar-refractivity contribution < 1.29 is 4.74 Å². The summed E-state index contributed by atoms with van der Waals surface area (Å²) in [5, 5.41) is 7.80. The van der Waals surface area contributed by atoms with Crippen LogP contribution in [0.5, 0.6) is 0 Å². The monoisotopic (exact) mass is 450 g/mol. The first-order valence-corrected chi connectivity index (χ1v) is 8.14. The van der Waals surface area contributed by atoms with Gasteiger partial charge in [0.2, 0.25) is 0 Å². The Morgan fingerprint density at radius 3 is 2.83 bits per heavy atom. The molecule has 2 heterocycles. The quantitative estimate of drug-likeness (QED) is 0.401. The van der Waals surface area contributed by atoms with E-state index in [1.165, 1.54) is 5.56 Å². The van der Waals surface area contributed by atoms with E-state index in [1.54, 1.807) is 7.11 Å². The lowest BCUT2D eigenvalue weighted by molar-refractivity contribution is 0.157. The first-order valence-electron chi connectivity index (χ1n) is 8.14. The van der Waals surface area contributed by atoms with E-state index in [4.69, 9.17) is 4.74 Å². The van der Waals surface area contributed by atoms with E-state index < -0.39 is 0 Å². The molecule has 1 N–H and O–H groups in total. The highest BCUT2D eigenvalue weighted by Gasteiger charge is 2.25. The topological polar surface area (TPSA) is 57.9 Å². The molecular weight excluding hydrogens is 419 g/mol. The molecule has 7 nitrogen and oxygen atoms in total. The molecule has 0 spiro atoms. The molecule has 2 unspecified atom stereocenters. The number of ether oxygens (including phenoxy) is 1. The molecule has 0 amide bonds. The van der Waals surface area contributed by atoms with Gasteiger partial charge in [-0.2, -0.15) is 5.10 Å². The Balaban J connectivity index is 0.00000288. The van der Waals surface area contributed by atoms with Gasteiger partial charge in [0, 0.05) is 58.5 Å². The average molecular weight is 450 g/mol. The van der Waals surface area contributed by atoms with Crippen molar-refractivity contribution in [3.8, 4) is 0 Å². The largest absolute Gasteiger partial charge is 0.384 e. The number of aliphatic imine (C=N–C) groups is 1. The third-order valence-corrected chi connectivity index (χ3v) is 4.39. The highest BCUT2D eigenvalue weighted by Crippen LogP contribution is 2.18. The van der Waals surface area contributed by atoms with Gasteiger partial charge in [0.1, 0.15) is 0 Å². The molecule has 1 aliphatic heterocycles. The first kappa shape index (κ1) is 21.2. The molecule has 138 valence electrons. The zero-order valence-electron chi connectivity index (χ0n) is 15.4. The molecule has 24 heavy (non-hydrogen) atoms. The fraction of sp³-hybridized carbons (Fsp3) is 0.750. The predicted molar refractivity (Wildman–Crippen MR) is 108 cm³/mol. The molecule has 1 aromatic rings. The first-order chi connectivity index (χ1) is 11.0. The van der Waals surface area contributed by atoms with E-state index in [1.807, 2.05) is 25.0 Å². The SMILES string of the molecule is CN=C(NCC(c1cnn(C)c1)N(C)C)N1CCC(COC)C1.I. The standard InChI is InChI=1S/C16H30N6O.HI/c1-17-16(22-7-6-13(10-22)12-23-5)18-9-15(20(2)3)14-8-19-21(4)11-14;/h8,11,13,15H,6-7,9-10,12H2,1-5H3,(H,17,18);1H. The Morgan fingerprint density at radius 1 is 1.54 bits per heavy atom. The fourth-order valence-electron chi connectivity index (χ4n) is 3.13. The van der Waals surface area contributed by atoms with Crippen molar-refractivity contribution in [3.05, 3.63) is 18.0 Å². The smallest absolute Gasteiger partial charge is 0.193 e. The van der Waals surface area contributed by atoms with Crippen LogP contribution in [0.2, 0.25) is 0 Å². The van der Waals surface area contributed by atoms with Crippen molar-refractivity contribution in [1.82, 2.24) is 24.9 Å². The average Bonchev–Trinajstić information content (AvgIpc) is 3.13. The molecule has 1 aliphatic rings. The van der Waals surface area contributed by atoms with Crippen molar-refractivity contribution >= 4 is 29.9 Å². The minimum atomic E-state index is 0. The Labute approximate surface area is 162 Å². The molecule has 2 rings (SSSR count). The summed E-state index contributed by atoms with van der Waals surface area (Å²) in [5.41, 5.74) is 1.21. The molecule has 1 aromatic heterocycles. The lowest BCUT2D eigenvalue weighted by Gasteiger charge is -2.27. The molecule has 0 aliphatic carbocycles. The number of methoxy groups -OCH3 is 1. The summed E-state index contributed by atoms with van der Waals surface area (Å²) in [6.07, 6.45) is 5.16. The summed E-state index contributed by atoms with van der Waals surface area (Å²) in [6, 6.07) is 0.262. The van der Waals surface area contributed by atoms with Crippen LogP contribution < -0.4 is 5.32 Å². The summed E-state index contributed by atoms with van der Waals surface area (Å²) in [4.78, 5) is 8.97. The van der Waals surface area contributed by atoms with Gasteiger partial charge in [-0.15, -0.1) is 24.0 Å². The number of guanidine groups is 1. The van der Waals surface area contributed by atoms with Crippen molar-refractivity contribution in [2.24, 2.45) is 18.0 Å². The number of nitrogens with one attached hydrogen (secondary N) is 1. The normalized spacial score (nSPS) is 19.5. The minimum Gasteiger partial charge on any atom is -0.384 e. The Hall–Kier alpha value is -0.870. The maximum Gasteiger partial charge on any atom is 0.193 e. The highest BCUT2D eigenvalue weighted by atomic mass is 127. The van der Waals surface area contributed by atoms with Gasteiger partial charge in [-0.05, 0) is 20.5 Å². The number of aryl methyl sites for hydroxylation is 1. The Morgan fingerprint density at radius 2 is 2.29 bits per heavy atom. The molecule has 8 heteroatoms. The van der Waals surface area contributed by atoms with Crippen molar-refractivity contribution in [3.63, 3.8) is 0 Å². The summed E-state index contributed by atoms with van der Waals surface area (Å²) in [6.45, 7) is 3.67. The summed E-state index contributed by atoms with van der Waals surface area (Å²) in [5.74, 6) is 1.57. The fourth-order valence-corrected chi connectivity index (χ4v) is 3.13. The molecule has 2 atom stereocenters. The lowest BCUT2D eigenvalue weighted by Crippen LogP contribution is -2.43. The van der Waals surface area contributed by atoms with E-state index in [2.05, 4.69) is 45.5 Å². The second-order valence-electron chi connectivity index (χ2n) is 6.41. The molecular formula is C16H31IN6O. The Kier molecular flexibility index (Phi) is 8.99. The van der Waals surface area contributed by atoms with Gasteiger partial charge in [0.15, 0.2) is 5.96 Å². The minimum absolute atomic E-state index is 0. The number of hydrogen-bond donors (Lipinski definition) is 1. The summed E-state index contributed by atoms with van der Waals surface area (Å²) < 4.78 is 7.12. The summed E-state index contributed by atoms with van der Waals surface area (Å²) >= 11 is 0. The number of halogens is 1. The van der Waals surface area contributed by atoms with Crippen LogP contribution in [0.15, 0.2) is 17.4 Å².